The van der Waals surface area contributed by atoms with E-state index in [0.29, 0.717) is 12.2 Å². The van der Waals surface area contributed by atoms with Gasteiger partial charge >= 0.3 is 0 Å². The van der Waals surface area contributed by atoms with Crippen molar-refractivity contribution in [3.05, 3.63) is 53.9 Å². The predicted octanol–water partition coefficient (Wildman–Crippen LogP) is 3.14. The molecule has 0 aromatic carbocycles. The number of nitrogen functional groups attached to an aromatic ring is 1. The van der Waals surface area contributed by atoms with Gasteiger partial charge in [0.2, 0.25) is 0 Å². The summed E-state index contributed by atoms with van der Waals surface area (Å²) in [6, 6.07) is 5.90. The first kappa shape index (κ1) is 14.6. The summed E-state index contributed by atoms with van der Waals surface area (Å²) in [6.45, 7) is 4.25. The molecule has 1 atom stereocenters. The van der Waals surface area contributed by atoms with Crippen LogP contribution in [0.15, 0.2) is 36.8 Å². The van der Waals surface area contributed by atoms with Crippen LogP contribution in [0.3, 0.4) is 0 Å². The Morgan fingerprint density at radius 3 is 2.92 bits per heavy atom. The number of pyridine rings is 2. The van der Waals surface area contributed by atoms with Crippen molar-refractivity contribution in [3.8, 4) is 0 Å². The van der Waals surface area contributed by atoms with Crippen molar-refractivity contribution < 1.29 is 0 Å². The highest BCUT2D eigenvalue weighted by Gasteiger charge is 2.18. The largest absolute Gasteiger partial charge is 0.383 e. The zero-order valence-electron chi connectivity index (χ0n) is 13.6. The molecule has 4 aromatic heterocycles. The number of nitrogens with two attached hydrogens (primary N) is 1. The van der Waals surface area contributed by atoms with Gasteiger partial charge in [-0.15, -0.1) is 0 Å². The number of rotatable bonds is 3. The molecular formula is C18H18N6. The minimum atomic E-state index is 0.247. The lowest BCUT2D eigenvalue weighted by atomic mass is 9.95. The molecule has 1 unspecified atom stereocenters. The molecule has 24 heavy (non-hydrogen) atoms. The number of nitrogens with zero attached hydrogens (tertiary/aromatic N) is 4. The van der Waals surface area contributed by atoms with Crippen LogP contribution in [0.2, 0.25) is 0 Å². The first-order valence-corrected chi connectivity index (χ1v) is 7.93. The Balaban J connectivity index is 1.73. The molecule has 0 radical (unpaired) electrons. The number of nitrogens with one attached hydrogen (secondary N) is 1. The molecule has 4 aromatic rings. The van der Waals surface area contributed by atoms with Crippen molar-refractivity contribution in [1.29, 1.82) is 0 Å². The van der Waals surface area contributed by atoms with E-state index >= 15 is 0 Å². The Hall–Kier alpha value is -3.02. The Labute approximate surface area is 139 Å². The molecule has 0 aliphatic carbocycles. The van der Waals surface area contributed by atoms with Crippen molar-refractivity contribution in [1.82, 2.24) is 24.9 Å². The second-order valence-electron chi connectivity index (χ2n) is 6.09. The van der Waals surface area contributed by atoms with E-state index in [2.05, 4.69) is 44.8 Å². The number of hydrogen-bond donors (Lipinski definition) is 2. The minimum absolute atomic E-state index is 0.247. The molecule has 0 spiro atoms. The van der Waals surface area contributed by atoms with E-state index in [1.54, 1.807) is 18.6 Å². The zero-order valence-corrected chi connectivity index (χ0v) is 13.6. The van der Waals surface area contributed by atoms with Crippen molar-refractivity contribution in [3.63, 3.8) is 0 Å². The monoisotopic (exact) mass is 318 g/mol. The number of hydrogen-bond acceptors (Lipinski definition) is 5. The maximum atomic E-state index is 6.08. The molecule has 120 valence electrons. The molecule has 6 heteroatoms. The first-order valence-electron chi connectivity index (χ1n) is 7.93. The van der Waals surface area contributed by atoms with E-state index in [9.17, 15) is 0 Å². The highest BCUT2D eigenvalue weighted by atomic mass is 15.0. The number of anilines is 1. The van der Waals surface area contributed by atoms with E-state index in [1.807, 2.05) is 12.1 Å². The smallest absolute Gasteiger partial charge is 0.137 e. The van der Waals surface area contributed by atoms with Crippen LogP contribution in [0, 0.1) is 6.92 Å². The van der Waals surface area contributed by atoms with Crippen LogP contribution in [0.4, 0.5) is 5.82 Å². The third kappa shape index (κ3) is 2.36. The predicted molar refractivity (Wildman–Crippen MR) is 94.7 cm³/mol. The Bertz CT molecular complexity index is 1040. The molecule has 0 fully saturated rings. The Morgan fingerprint density at radius 1 is 1.17 bits per heavy atom. The van der Waals surface area contributed by atoms with E-state index < -0.39 is 0 Å². The highest BCUT2D eigenvalue weighted by molar-refractivity contribution is 5.87. The van der Waals surface area contributed by atoms with Crippen LogP contribution in [0.5, 0.6) is 0 Å². The van der Waals surface area contributed by atoms with Crippen LogP contribution < -0.4 is 5.73 Å². The van der Waals surface area contributed by atoms with E-state index in [4.69, 9.17) is 5.73 Å². The van der Waals surface area contributed by atoms with Crippen LogP contribution in [-0.2, 0) is 6.42 Å². The van der Waals surface area contributed by atoms with Crippen LogP contribution >= 0.6 is 0 Å². The van der Waals surface area contributed by atoms with Gasteiger partial charge in [0.15, 0.2) is 0 Å². The number of H-pyrrole nitrogens is 1. The van der Waals surface area contributed by atoms with Crippen LogP contribution in [0.1, 0.15) is 29.9 Å². The molecule has 0 aliphatic heterocycles. The maximum Gasteiger partial charge on any atom is 0.137 e. The standard InChI is InChI=1S/C18H18N6/c1-10(16-11(2)22-18-13(16)4-3-6-21-18)8-15-23-14-9-20-7-5-12(14)17(19)24-15/h3-7,9-10H,8H2,1-2H3,(H,21,22)(H2,19,23,24). The van der Waals surface area contributed by atoms with Gasteiger partial charge in [-0.1, -0.05) is 6.92 Å². The Morgan fingerprint density at radius 2 is 2.04 bits per heavy atom. The lowest BCUT2D eigenvalue weighted by Crippen LogP contribution is -2.06. The SMILES string of the molecule is Cc1[nH]c2ncccc2c1C(C)Cc1nc(N)c2ccncc2n1. The second kappa shape index (κ2) is 5.56. The van der Waals surface area contributed by atoms with Crippen LogP contribution in [-0.4, -0.2) is 24.9 Å². The average Bonchev–Trinajstić information content (AvgIpc) is 2.90. The molecule has 0 aliphatic rings. The molecule has 0 bridgehead atoms. The lowest BCUT2D eigenvalue weighted by Gasteiger charge is -2.12. The molecule has 3 N–H and O–H groups in total. The third-order valence-corrected chi connectivity index (χ3v) is 4.36. The van der Waals surface area contributed by atoms with Crippen molar-refractivity contribution in [2.45, 2.75) is 26.2 Å². The highest BCUT2D eigenvalue weighted by Crippen LogP contribution is 2.30. The number of fused-ring (bicyclic) bond motifs is 2. The Kier molecular flexibility index (Phi) is 3.37. The van der Waals surface area contributed by atoms with Gasteiger partial charge < -0.3 is 10.7 Å². The van der Waals surface area contributed by atoms with Gasteiger partial charge in [-0.05, 0) is 36.6 Å². The van der Waals surface area contributed by atoms with Gasteiger partial charge in [-0.2, -0.15) is 0 Å². The van der Waals surface area contributed by atoms with Gasteiger partial charge in [0.1, 0.15) is 17.3 Å². The fourth-order valence-corrected chi connectivity index (χ4v) is 3.33. The van der Waals surface area contributed by atoms with E-state index in [0.717, 1.165) is 33.5 Å². The summed E-state index contributed by atoms with van der Waals surface area (Å²) in [5.41, 5.74) is 10.2. The van der Waals surface area contributed by atoms with Crippen LogP contribution in [0.25, 0.3) is 21.9 Å². The quantitative estimate of drug-likeness (QED) is 0.605. The summed E-state index contributed by atoms with van der Waals surface area (Å²) in [5, 5.41) is 1.99. The van der Waals surface area contributed by atoms with Gasteiger partial charge in [-0.3, -0.25) is 4.98 Å². The molecule has 4 heterocycles. The number of aromatic amines is 1. The minimum Gasteiger partial charge on any atom is -0.383 e. The molecular weight excluding hydrogens is 300 g/mol. The summed E-state index contributed by atoms with van der Waals surface area (Å²) in [5.74, 6) is 1.48. The van der Waals surface area contributed by atoms with Crippen molar-refractivity contribution in [2.24, 2.45) is 0 Å². The first-order chi connectivity index (χ1) is 11.6. The number of aromatic nitrogens is 5. The van der Waals surface area contributed by atoms with Gasteiger partial charge in [0, 0.05) is 35.3 Å². The average molecular weight is 318 g/mol. The fraction of sp³-hybridized carbons (Fsp3) is 0.222. The number of aryl methyl sites for hydroxylation is 1. The third-order valence-electron chi connectivity index (χ3n) is 4.36. The summed E-state index contributed by atoms with van der Waals surface area (Å²) < 4.78 is 0. The molecule has 0 saturated carbocycles. The normalized spacial score (nSPS) is 12.8. The van der Waals surface area contributed by atoms with Crippen molar-refractivity contribution in [2.75, 3.05) is 5.73 Å². The summed E-state index contributed by atoms with van der Waals surface area (Å²) >= 11 is 0. The molecule has 4 rings (SSSR count). The topological polar surface area (TPSA) is 93.4 Å². The summed E-state index contributed by atoms with van der Waals surface area (Å²) in [4.78, 5) is 21.0. The zero-order chi connectivity index (χ0) is 16.7. The van der Waals surface area contributed by atoms with Gasteiger partial charge in [0.25, 0.3) is 0 Å². The van der Waals surface area contributed by atoms with E-state index in [1.165, 1.54) is 5.56 Å². The fourth-order valence-electron chi connectivity index (χ4n) is 3.33. The summed E-state index contributed by atoms with van der Waals surface area (Å²) in [6.07, 6.45) is 5.93. The molecule has 0 saturated heterocycles. The maximum absolute atomic E-state index is 6.08. The van der Waals surface area contributed by atoms with Gasteiger partial charge in [-0.25, -0.2) is 15.0 Å². The van der Waals surface area contributed by atoms with Gasteiger partial charge in [0.05, 0.1) is 11.7 Å². The van der Waals surface area contributed by atoms with E-state index in [-0.39, 0.29) is 5.92 Å². The lowest BCUT2D eigenvalue weighted by molar-refractivity contribution is 0.722. The van der Waals surface area contributed by atoms with Crippen molar-refractivity contribution >= 4 is 27.8 Å². The summed E-state index contributed by atoms with van der Waals surface area (Å²) in [7, 11) is 0. The molecule has 6 nitrogen and oxygen atoms in total. The second-order valence-corrected chi connectivity index (χ2v) is 6.09. The molecule has 0 amide bonds.